The van der Waals surface area contributed by atoms with E-state index in [4.69, 9.17) is 0 Å². The fourth-order valence-corrected chi connectivity index (χ4v) is 3.33. The molecule has 0 aromatic heterocycles. The molecule has 2 fully saturated rings. The molecule has 1 aromatic carbocycles. The summed E-state index contributed by atoms with van der Waals surface area (Å²) in [5.41, 5.74) is 2.47. The molecule has 2 nitrogen and oxygen atoms in total. The van der Waals surface area contributed by atoms with Crippen molar-refractivity contribution in [3.8, 4) is 0 Å². The monoisotopic (exact) mass is 271 g/mol. The highest BCUT2D eigenvalue weighted by molar-refractivity contribution is 5.94. The first-order chi connectivity index (χ1) is 9.66. The zero-order chi connectivity index (χ0) is 14.0. The van der Waals surface area contributed by atoms with Crippen LogP contribution in [0.2, 0.25) is 0 Å². The number of hydrogen-bond donors (Lipinski definition) is 1. The van der Waals surface area contributed by atoms with Gasteiger partial charge in [-0.3, -0.25) is 4.79 Å². The summed E-state index contributed by atoms with van der Waals surface area (Å²) in [6.45, 7) is 3.13. The second kappa shape index (κ2) is 5.59. The lowest BCUT2D eigenvalue weighted by Gasteiger charge is -2.33. The summed E-state index contributed by atoms with van der Waals surface area (Å²) in [4.78, 5) is 12.3. The Kier molecular flexibility index (Phi) is 3.82. The molecule has 0 aliphatic heterocycles. The van der Waals surface area contributed by atoms with E-state index >= 15 is 0 Å². The van der Waals surface area contributed by atoms with Crippen LogP contribution in [0, 0.1) is 5.41 Å². The Balaban J connectivity index is 1.59. The normalized spacial score (nSPS) is 21.4. The number of nitrogens with one attached hydrogen (secondary N) is 1. The van der Waals surface area contributed by atoms with Gasteiger partial charge in [0.1, 0.15) is 0 Å². The van der Waals surface area contributed by atoms with E-state index in [0.717, 1.165) is 12.1 Å². The summed E-state index contributed by atoms with van der Waals surface area (Å²) < 4.78 is 0. The molecule has 0 saturated heterocycles. The SMILES string of the molecule is CC1(CNC(=O)c2cccc(C3CC3)c2)CCCCC1. The third kappa shape index (κ3) is 3.23. The van der Waals surface area contributed by atoms with E-state index < -0.39 is 0 Å². The molecular formula is C18H25NO. The summed E-state index contributed by atoms with van der Waals surface area (Å²) in [6, 6.07) is 8.18. The molecule has 108 valence electrons. The molecule has 1 N–H and O–H groups in total. The predicted octanol–water partition coefficient (Wildman–Crippen LogP) is 4.26. The second-order valence-corrected chi connectivity index (χ2v) is 6.95. The number of benzene rings is 1. The molecule has 2 heteroatoms. The molecule has 0 spiro atoms. The van der Waals surface area contributed by atoms with Gasteiger partial charge in [-0.15, -0.1) is 0 Å². The molecule has 1 aromatic rings. The lowest BCUT2D eigenvalue weighted by molar-refractivity contribution is 0.0919. The van der Waals surface area contributed by atoms with Crippen LogP contribution in [0.25, 0.3) is 0 Å². The lowest BCUT2D eigenvalue weighted by atomic mass is 9.76. The van der Waals surface area contributed by atoms with Gasteiger partial charge in [0.2, 0.25) is 0 Å². The smallest absolute Gasteiger partial charge is 0.251 e. The molecular weight excluding hydrogens is 246 g/mol. The van der Waals surface area contributed by atoms with Crippen LogP contribution in [-0.2, 0) is 0 Å². The maximum Gasteiger partial charge on any atom is 0.251 e. The number of carbonyl (C=O) groups excluding carboxylic acids is 1. The molecule has 3 rings (SSSR count). The first-order valence-electron chi connectivity index (χ1n) is 8.04. The third-order valence-electron chi connectivity index (χ3n) is 4.93. The van der Waals surface area contributed by atoms with Crippen molar-refractivity contribution in [3.05, 3.63) is 35.4 Å². The van der Waals surface area contributed by atoms with Gasteiger partial charge in [0, 0.05) is 12.1 Å². The average molecular weight is 271 g/mol. The van der Waals surface area contributed by atoms with Crippen LogP contribution in [0.5, 0.6) is 0 Å². The summed E-state index contributed by atoms with van der Waals surface area (Å²) in [5.74, 6) is 0.804. The van der Waals surface area contributed by atoms with Crippen molar-refractivity contribution in [2.45, 2.75) is 57.8 Å². The molecule has 2 aliphatic carbocycles. The molecule has 2 aliphatic rings. The van der Waals surface area contributed by atoms with Crippen molar-refractivity contribution < 1.29 is 4.79 Å². The Morgan fingerprint density at radius 2 is 2.00 bits per heavy atom. The number of amides is 1. The molecule has 0 bridgehead atoms. The van der Waals surface area contributed by atoms with Crippen LogP contribution in [-0.4, -0.2) is 12.5 Å². The molecule has 0 radical (unpaired) electrons. The maximum atomic E-state index is 12.3. The summed E-state index contributed by atoms with van der Waals surface area (Å²) >= 11 is 0. The molecule has 20 heavy (non-hydrogen) atoms. The zero-order valence-corrected chi connectivity index (χ0v) is 12.5. The minimum atomic E-state index is 0.0966. The first kappa shape index (κ1) is 13.7. The van der Waals surface area contributed by atoms with Crippen LogP contribution in [0.4, 0.5) is 0 Å². The topological polar surface area (TPSA) is 29.1 Å². The molecule has 0 atom stereocenters. The molecule has 0 heterocycles. The van der Waals surface area contributed by atoms with Crippen molar-refractivity contribution in [2.75, 3.05) is 6.54 Å². The summed E-state index contributed by atoms with van der Waals surface area (Å²) in [6.07, 6.45) is 9.02. The first-order valence-corrected chi connectivity index (χ1v) is 8.04. The van der Waals surface area contributed by atoms with Crippen molar-refractivity contribution in [1.82, 2.24) is 5.32 Å². The van der Waals surface area contributed by atoms with Crippen molar-refractivity contribution >= 4 is 5.91 Å². The van der Waals surface area contributed by atoms with Crippen LogP contribution >= 0.6 is 0 Å². The minimum absolute atomic E-state index is 0.0966. The van der Waals surface area contributed by atoms with Crippen molar-refractivity contribution in [1.29, 1.82) is 0 Å². The van der Waals surface area contributed by atoms with E-state index in [0.29, 0.717) is 11.3 Å². The Morgan fingerprint density at radius 3 is 2.70 bits per heavy atom. The second-order valence-electron chi connectivity index (χ2n) is 6.95. The van der Waals surface area contributed by atoms with Gasteiger partial charge in [0.25, 0.3) is 5.91 Å². The van der Waals surface area contributed by atoms with Crippen molar-refractivity contribution in [2.24, 2.45) is 5.41 Å². The highest BCUT2D eigenvalue weighted by atomic mass is 16.1. The van der Waals surface area contributed by atoms with E-state index in [2.05, 4.69) is 24.4 Å². The molecule has 0 unspecified atom stereocenters. The fraction of sp³-hybridized carbons (Fsp3) is 0.611. The number of carbonyl (C=O) groups is 1. The Hall–Kier alpha value is -1.31. The van der Waals surface area contributed by atoms with E-state index in [9.17, 15) is 4.79 Å². The van der Waals surface area contributed by atoms with Gasteiger partial charge in [-0.05, 0) is 54.7 Å². The Morgan fingerprint density at radius 1 is 1.25 bits per heavy atom. The summed E-state index contributed by atoms with van der Waals surface area (Å²) in [5, 5.41) is 3.16. The van der Waals surface area contributed by atoms with Crippen LogP contribution in [0.1, 0.15) is 73.7 Å². The zero-order valence-electron chi connectivity index (χ0n) is 12.5. The van der Waals surface area contributed by atoms with Gasteiger partial charge in [-0.1, -0.05) is 38.3 Å². The standard InChI is InChI=1S/C18H25NO/c1-18(10-3-2-4-11-18)13-19-17(20)16-7-5-6-15(12-16)14-8-9-14/h5-7,12,14H,2-4,8-11,13H2,1H3,(H,19,20). The Bertz CT molecular complexity index is 484. The maximum absolute atomic E-state index is 12.3. The van der Waals surface area contributed by atoms with Crippen molar-refractivity contribution in [3.63, 3.8) is 0 Å². The fourth-order valence-electron chi connectivity index (χ4n) is 3.33. The highest BCUT2D eigenvalue weighted by Crippen LogP contribution is 2.40. The van der Waals surface area contributed by atoms with Gasteiger partial charge in [0.15, 0.2) is 0 Å². The molecule has 1 amide bonds. The van der Waals surface area contributed by atoms with E-state index in [1.807, 2.05) is 12.1 Å². The van der Waals surface area contributed by atoms with Crippen LogP contribution < -0.4 is 5.32 Å². The van der Waals surface area contributed by atoms with Gasteiger partial charge in [-0.2, -0.15) is 0 Å². The number of rotatable bonds is 4. The highest BCUT2D eigenvalue weighted by Gasteiger charge is 2.27. The molecule has 2 saturated carbocycles. The van der Waals surface area contributed by atoms with Gasteiger partial charge >= 0.3 is 0 Å². The third-order valence-corrected chi connectivity index (χ3v) is 4.93. The number of hydrogen-bond acceptors (Lipinski definition) is 1. The largest absolute Gasteiger partial charge is 0.351 e. The van der Waals surface area contributed by atoms with Crippen LogP contribution in [0.15, 0.2) is 24.3 Å². The average Bonchev–Trinajstić information content (AvgIpc) is 3.30. The van der Waals surface area contributed by atoms with E-state index in [-0.39, 0.29) is 5.91 Å². The quantitative estimate of drug-likeness (QED) is 0.870. The van der Waals surface area contributed by atoms with Gasteiger partial charge < -0.3 is 5.32 Å². The van der Waals surface area contributed by atoms with Gasteiger partial charge in [-0.25, -0.2) is 0 Å². The lowest BCUT2D eigenvalue weighted by Crippen LogP contribution is -2.37. The van der Waals surface area contributed by atoms with E-state index in [1.54, 1.807) is 0 Å². The minimum Gasteiger partial charge on any atom is -0.351 e. The predicted molar refractivity (Wildman–Crippen MR) is 81.9 cm³/mol. The summed E-state index contributed by atoms with van der Waals surface area (Å²) in [7, 11) is 0. The van der Waals surface area contributed by atoms with E-state index in [1.165, 1.54) is 50.5 Å². The van der Waals surface area contributed by atoms with Gasteiger partial charge in [0.05, 0.1) is 0 Å². The Labute approximate surface area is 122 Å². The van der Waals surface area contributed by atoms with Crippen LogP contribution in [0.3, 0.4) is 0 Å².